The van der Waals surface area contributed by atoms with Crippen LogP contribution in [0.2, 0.25) is 0 Å². The Bertz CT molecular complexity index is 1190. The summed E-state index contributed by atoms with van der Waals surface area (Å²) in [6.45, 7) is 1.000. The molecule has 0 aliphatic heterocycles. The molecule has 9 nitrogen and oxygen atoms in total. The molecule has 0 bridgehead atoms. The van der Waals surface area contributed by atoms with E-state index in [0.717, 1.165) is 16.6 Å². The lowest BCUT2D eigenvalue weighted by Crippen LogP contribution is -2.24. The second-order valence-corrected chi connectivity index (χ2v) is 10.8. The zero-order chi connectivity index (χ0) is 22.7. The van der Waals surface area contributed by atoms with Crippen LogP contribution in [0.25, 0.3) is 0 Å². The predicted octanol–water partition coefficient (Wildman–Crippen LogP) is 1.44. The molecule has 11 heteroatoms. The fraction of sp³-hybridized carbons (Fsp3) is 0.263. The normalized spacial score (nSPS) is 11.9. The van der Waals surface area contributed by atoms with E-state index >= 15 is 0 Å². The van der Waals surface area contributed by atoms with Crippen molar-refractivity contribution < 1.29 is 31.2 Å². The predicted molar refractivity (Wildman–Crippen MR) is 111 cm³/mol. The van der Waals surface area contributed by atoms with Crippen LogP contribution >= 0.6 is 0 Å². The van der Waals surface area contributed by atoms with Crippen LogP contribution in [-0.2, 0) is 29.4 Å². The van der Waals surface area contributed by atoms with E-state index in [1.165, 1.54) is 44.4 Å². The average Bonchev–Trinajstić information content (AvgIpc) is 2.66. The van der Waals surface area contributed by atoms with Crippen LogP contribution in [0, 0.1) is 6.92 Å². The largest absolute Gasteiger partial charge is 0.452 e. The average molecular weight is 455 g/mol. The summed E-state index contributed by atoms with van der Waals surface area (Å²) in [5.41, 5.74) is 0.723. The van der Waals surface area contributed by atoms with Crippen molar-refractivity contribution in [3.63, 3.8) is 0 Å². The molecule has 0 radical (unpaired) electrons. The Balaban J connectivity index is 2.08. The van der Waals surface area contributed by atoms with Gasteiger partial charge in [-0.05, 0) is 42.8 Å². The van der Waals surface area contributed by atoms with Gasteiger partial charge in [0.25, 0.3) is 5.91 Å². The monoisotopic (exact) mass is 454 g/mol. The van der Waals surface area contributed by atoms with E-state index in [2.05, 4.69) is 5.32 Å². The van der Waals surface area contributed by atoms with Crippen molar-refractivity contribution >= 4 is 37.4 Å². The van der Waals surface area contributed by atoms with Gasteiger partial charge in [-0.3, -0.25) is 4.79 Å². The van der Waals surface area contributed by atoms with Gasteiger partial charge in [-0.25, -0.2) is 25.9 Å². The van der Waals surface area contributed by atoms with Gasteiger partial charge in [-0.15, -0.1) is 0 Å². The number of benzene rings is 2. The van der Waals surface area contributed by atoms with E-state index in [4.69, 9.17) is 4.74 Å². The van der Waals surface area contributed by atoms with Gasteiger partial charge in [0.2, 0.25) is 10.0 Å². The summed E-state index contributed by atoms with van der Waals surface area (Å²) in [5.74, 6) is -1.55. The molecule has 2 rings (SSSR count). The smallest absolute Gasteiger partial charge is 0.338 e. The summed E-state index contributed by atoms with van der Waals surface area (Å²) in [4.78, 5) is 24.2. The molecule has 0 unspecified atom stereocenters. The third-order valence-corrected chi connectivity index (χ3v) is 7.13. The Morgan fingerprint density at radius 1 is 1.03 bits per heavy atom. The van der Waals surface area contributed by atoms with Crippen molar-refractivity contribution in [1.29, 1.82) is 0 Å². The van der Waals surface area contributed by atoms with Gasteiger partial charge in [0, 0.05) is 26.0 Å². The number of ether oxygens (including phenoxy) is 1. The minimum atomic E-state index is -3.70. The second kappa shape index (κ2) is 8.94. The van der Waals surface area contributed by atoms with E-state index in [1.54, 1.807) is 13.0 Å². The maximum atomic E-state index is 12.4. The molecule has 2 aromatic rings. The number of carbonyl (C=O) groups is 2. The van der Waals surface area contributed by atoms with Crippen molar-refractivity contribution in [1.82, 2.24) is 4.31 Å². The van der Waals surface area contributed by atoms with Crippen LogP contribution in [-0.4, -0.2) is 60.0 Å². The van der Waals surface area contributed by atoms with Gasteiger partial charge in [-0.1, -0.05) is 12.1 Å². The molecule has 0 aromatic heterocycles. The zero-order valence-corrected chi connectivity index (χ0v) is 18.5. The number of nitrogens with zero attached hydrogens (tertiary/aromatic N) is 1. The lowest BCUT2D eigenvalue weighted by molar-refractivity contribution is -0.119. The summed E-state index contributed by atoms with van der Waals surface area (Å²) >= 11 is 0. The third-order valence-electron chi connectivity index (χ3n) is 4.06. The zero-order valence-electron chi connectivity index (χ0n) is 16.9. The number of hydrogen-bond acceptors (Lipinski definition) is 7. The first kappa shape index (κ1) is 23.5. The van der Waals surface area contributed by atoms with Crippen LogP contribution in [0.1, 0.15) is 15.9 Å². The number of hydrogen-bond donors (Lipinski definition) is 1. The molecule has 2 aromatic carbocycles. The topological polar surface area (TPSA) is 127 Å². The molecule has 0 heterocycles. The lowest BCUT2D eigenvalue weighted by atomic mass is 10.2. The number of aryl methyl sites for hydroxylation is 1. The molecule has 0 fully saturated rings. The number of esters is 1. The summed E-state index contributed by atoms with van der Waals surface area (Å²) in [6, 6.07) is 9.66. The Labute approximate surface area is 175 Å². The van der Waals surface area contributed by atoms with Gasteiger partial charge in [0.15, 0.2) is 16.4 Å². The summed E-state index contributed by atoms with van der Waals surface area (Å²) < 4.78 is 53.9. The summed E-state index contributed by atoms with van der Waals surface area (Å²) in [6.07, 6.45) is 1.01. The van der Waals surface area contributed by atoms with Crippen molar-refractivity contribution in [2.45, 2.75) is 16.7 Å². The van der Waals surface area contributed by atoms with Crippen LogP contribution in [0.15, 0.2) is 52.3 Å². The number of sulfonamides is 1. The Morgan fingerprint density at radius 3 is 2.30 bits per heavy atom. The molecule has 0 spiro atoms. The number of sulfone groups is 1. The third kappa shape index (κ3) is 5.65. The molecule has 162 valence electrons. The van der Waals surface area contributed by atoms with E-state index in [1.807, 2.05) is 0 Å². The molecule has 0 atom stereocenters. The minimum Gasteiger partial charge on any atom is -0.452 e. The molecule has 1 amide bonds. The van der Waals surface area contributed by atoms with E-state index in [0.29, 0.717) is 5.56 Å². The fourth-order valence-electron chi connectivity index (χ4n) is 2.42. The highest BCUT2D eigenvalue weighted by molar-refractivity contribution is 7.90. The van der Waals surface area contributed by atoms with Crippen LogP contribution in [0.5, 0.6) is 0 Å². The molecule has 0 aliphatic rings. The highest BCUT2D eigenvalue weighted by Gasteiger charge is 2.21. The maximum absolute atomic E-state index is 12.4. The first-order chi connectivity index (χ1) is 13.8. The van der Waals surface area contributed by atoms with E-state index in [9.17, 15) is 26.4 Å². The highest BCUT2D eigenvalue weighted by atomic mass is 32.2. The quantitative estimate of drug-likeness (QED) is 0.627. The second-order valence-electron chi connectivity index (χ2n) is 6.69. The minimum absolute atomic E-state index is 0.0135. The Hall–Kier alpha value is -2.76. The molecule has 0 saturated carbocycles. The summed E-state index contributed by atoms with van der Waals surface area (Å²) in [7, 11) is -4.39. The maximum Gasteiger partial charge on any atom is 0.338 e. The van der Waals surface area contributed by atoms with Gasteiger partial charge < -0.3 is 10.1 Å². The molecule has 1 N–H and O–H groups in total. The molecular formula is C19H22N2O7S2. The van der Waals surface area contributed by atoms with Gasteiger partial charge in [-0.2, -0.15) is 0 Å². The number of anilines is 1. The van der Waals surface area contributed by atoms with Crippen molar-refractivity contribution in [3.8, 4) is 0 Å². The van der Waals surface area contributed by atoms with E-state index in [-0.39, 0.29) is 21.0 Å². The Morgan fingerprint density at radius 2 is 1.70 bits per heavy atom. The number of nitrogens with one attached hydrogen (secondary N) is 1. The van der Waals surface area contributed by atoms with E-state index < -0.39 is 38.3 Å². The highest BCUT2D eigenvalue weighted by Crippen LogP contribution is 2.22. The van der Waals surface area contributed by atoms with Crippen LogP contribution in [0.4, 0.5) is 5.69 Å². The fourth-order valence-corrected chi connectivity index (χ4v) is 4.23. The SMILES string of the molecule is Cc1ccc(NC(=O)COC(=O)c2cccc(S(C)(=O)=O)c2)cc1S(=O)(=O)N(C)C. The van der Waals surface area contributed by atoms with Crippen LogP contribution in [0.3, 0.4) is 0 Å². The first-order valence-electron chi connectivity index (χ1n) is 8.62. The van der Waals surface area contributed by atoms with Crippen molar-refractivity contribution in [3.05, 3.63) is 53.6 Å². The van der Waals surface area contributed by atoms with Crippen molar-refractivity contribution in [2.75, 3.05) is 32.3 Å². The first-order valence-corrected chi connectivity index (χ1v) is 12.0. The number of amides is 1. The van der Waals surface area contributed by atoms with Gasteiger partial charge in [0.1, 0.15) is 0 Å². The van der Waals surface area contributed by atoms with Crippen molar-refractivity contribution in [2.24, 2.45) is 0 Å². The molecule has 0 saturated heterocycles. The van der Waals surface area contributed by atoms with Gasteiger partial charge >= 0.3 is 5.97 Å². The summed E-state index contributed by atoms with van der Waals surface area (Å²) in [5, 5.41) is 2.47. The molecular weight excluding hydrogens is 432 g/mol. The number of carbonyl (C=O) groups excluding carboxylic acids is 2. The lowest BCUT2D eigenvalue weighted by Gasteiger charge is -2.15. The Kier molecular flexibility index (Phi) is 7.01. The standard InChI is InChI=1S/C19H22N2O7S2/c1-13-8-9-15(11-17(13)30(26,27)21(2)3)20-18(22)12-28-19(23)14-6-5-7-16(10-14)29(4,24)25/h5-11H,12H2,1-4H3,(H,20,22). The number of rotatable bonds is 7. The van der Waals surface area contributed by atoms with Gasteiger partial charge in [0.05, 0.1) is 15.4 Å². The van der Waals surface area contributed by atoms with Crippen LogP contribution < -0.4 is 5.32 Å². The molecule has 30 heavy (non-hydrogen) atoms. The molecule has 0 aliphatic carbocycles.